The summed E-state index contributed by atoms with van der Waals surface area (Å²) >= 11 is 3.39. The van der Waals surface area contributed by atoms with E-state index in [1.807, 2.05) is 19.1 Å². The lowest BCUT2D eigenvalue weighted by molar-refractivity contribution is 0.420. The Balaban J connectivity index is 2.30. The molecule has 0 aromatic heterocycles. The Bertz CT molecular complexity index is 598. The summed E-state index contributed by atoms with van der Waals surface area (Å²) in [4.78, 5) is 0.374. The lowest BCUT2D eigenvalue weighted by Crippen LogP contribution is -2.33. The fourth-order valence-corrected chi connectivity index (χ4v) is 4.96. The van der Waals surface area contributed by atoms with E-state index in [-0.39, 0.29) is 6.04 Å². The second-order valence-corrected chi connectivity index (χ2v) is 8.45. The second kappa shape index (κ2) is 6.77. The van der Waals surface area contributed by atoms with Crippen LogP contribution in [0.1, 0.15) is 39.2 Å². The Morgan fingerprint density at radius 1 is 1.38 bits per heavy atom. The van der Waals surface area contributed by atoms with E-state index in [0.29, 0.717) is 28.5 Å². The van der Waals surface area contributed by atoms with Gasteiger partial charge in [-0.25, -0.2) is 8.42 Å². The first-order valence-corrected chi connectivity index (χ1v) is 9.63. The summed E-state index contributed by atoms with van der Waals surface area (Å²) in [6.45, 7) is 7.23. The van der Waals surface area contributed by atoms with Gasteiger partial charge in [0.1, 0.15) is 0 Å². The average Bonchev–Trinajstić information content (AvgIpc) is 3.22. The minimum atomic E-state index is -3.42. The molecule has 0 bridgehead atoms. The number of sulfonamides is 1. The van der Waals surface area contributed by atoms with E-state index in [1.54, 1.807) is 10.4 Å². The Labute approximate surface area is 136 Å². The highest BCUT2D eigenvalue weighted by Crippen LogP contribution is 2.34. The minimum Gasteiger partial charge on any atom is -0.310 e. The van der Waals surface area contributed by atoms with E-state index < -0.39 is 10.0 Å². The van der Waals surface area contributed by atoms with Crippen LogP contribution in [0.15, 0.2) is 27.6 Å². The van der Waals surface area contributed by atoms with Gasteiger partial charge in [-0.2, -0.15) is 4.31 Å². The SMILES string of the molecule is CCN(C1CC1)S(=O)(=O)c1cc(CNC(C)C)ccc1Br. The Morgan fingerprint density at radius 3 is 2.57 bits per heavy atom. The molecule has 0 unspecified atom stereocenters. The van der Waals surface area contributed by atoms with Crippen molar-refractivity contribution in [2.24, 2.45) is 0 Å². The van der Waals surface area contributed by atoms with Gasteiger partial charge in [-0.05, 0) is 46.5 Å². The van der Waals surface area contributed by atoms with Crippen LogP contribution in [0.25, 0.3) is 0 Å². The molecule has 1 aromatic carbocycles. The van der Waals surface area contributed by atoms with Crippen molar-refractivity contribution < 1.29 is 8.42 Å². The lowest BCUT2D eigenvalue weighted by Gasteiger charge is -2.21. The largest absolute Gasteiger partial charge is 0.310 e. The van der Waals surface area contributed by atoms with Gasteiger partial charge < -0.3 is 5.32 Å². The van der Waals surface area contributed by atoms with Gasteiger partial charge in [-0.1, -0.05) is 26.8 Å². The van der Waals surface area contributed by atoms with E-state index in [2.05, 4.69) is 35.1 Å². The molecule has 1 aromatic rings. The quantitative estimate of drug-likeness (QED) is 0.797. The van der Waals surface area contributed by atoms with Crippen LogP contribution in [0.5, 0.6) is 0 Å². The molecule has 1 fully saturated rings. The van der Waals surface area contributed by atoms with Crippen molar-refractivity contribution in [2.75, 3.05) is 6.54 Å². The maximum atomic E-state index is 12.8. The van der Waals surface area contributed by atoms with E-state index in [1.165, 1.54) is 0 Å². The summed E-state index contributed by atoms with van der Waals surface area (Å²) in [5.74, 6) is 0. The number of benzene rings is 1. The van der Waals surface area contributed by atoms with Gasteiger partial charge in [0, 0.05) is 29.6 Å². The van der Waals surface area contributed by atoms with E-state index >= 15 is 0 Å². The van der Waals surface area contributed by atoms with Gasteiger partial charge in [0.2, 0.25) is 10.0 Å². The second-order valence-electron chi connectivity index (χ2n) is 5.74. The number of hydrogen-bond donors (Lipinski definition) is 1. The topological polar surface area (TPSA) is 49.4 Å². The maximum absolute atomic E-state index is 12.8. The van der Waals surface area contributed by atoms with E-state index in [0.717, 1.165) is 18.4 Å². The molecule has 0 atom stereocenters. The summed E-state index contributed by atoms with van der Waals surface area (Å²) in [6.07, 6.45) is 1.94. The summed E-state index contributed by atoms with van der Waals surface area (Å²) in [7, 11) is -3.42. The van der Waals surface area contributed by atoms with Gasteiger partial charge in [0.25, 0.3) is 0 Å². The molecule has 0 radical (unpaired) electrons. The molecule has 0 heterocycles. The molecule has 21 heavy (non-hydrogen) atoms. The molecule has 0 saturated heterocycles. The average molecular weight is 375 g/mol. The number of nitrogens with one attached hydrogen (secondary N) is 1. The molecule has 1 aliphatic carbocycles. The first-order valence-electron chi connectivity index (χ1n) is 7.40. The van der Waals surface area contributed by atoms with Crippen LogP contribution >= 0.6 is 15.9 Å². The van der Waals surface area contributed by atoms with Crippen molar-refractivity contribution in [1.82, 2.24) is 9.62 Å². The van der Waals surface area contributed by atoms with Gasteiger partial charge >= 0.3 is 0 Å². The van der Waals surface area contributed by atoms with Crippen LogP contribution in [-0.2, 0) is 16.6 Å². The fourth-order valence-electron chi connectivity index (χ4n) is 2.29. The standard InChI is InChI=1S/C15H23BrN2O2S/c1-4-18(13-6-7-13)21(19,20)15-9-12(5-8-14(15)16)10-17-11(2)3/h5,8-9,11,13,17H,4,6-7,10H2,1-3H3. The molecule has 118 valence electrons. The molecule has 1 saturated carbocycles. The zero-order valence-electron chi connectivity index (χ0n) is 12.8. The number of hydrogen-bond acceptors (Lipinski definition) is 3. The molecule has 6 heteroatoms. The zero-order chi connectivity index (χ0) is 15.6. The Morgan fingerprint density at radius 2 is 2.05 bits per heavy atom. The molecule has 0 aliphatic heterocycles. The summed E-state index contributed by atoms with van der Waals surface area (Å²) in [6, 6.07) is 6.10. The smallest absolute Gasteiger partial charge is 0.244 e. The number of nitrogens with zero attached hydrogens (tertiary/aromatic N) is 1. The predicted octanol–water partition coefficient (Wildman–Crippen LogP) is 3.12. The van der Waals surface area contributed by atoms with E-state index in [4.69, 9.17) is 0 Å². The lowest BCUT2D eigenvalue weighted by atomic mass is 10.2. The first kappa shape index (κ1) is 16.9. The highest BCUT2D eigenvalue weighted by atomic mass is 79.9. The van der Waals surface area contributed by atoms with Crippen molar-refractivity contribution in [1.29, 1.82) is 0 Å². The third kappa shape index (κ3) is 4.06. The third-order valence-corrected chi connectivity index (χ3v) is 6.58. The van der Waals surface area contributed by atoms with Gasteiger partial charge in [-0.15, -0.1) is 0 Å². The van der Waals surface area contributed by atoms with Crippen molar-refractivity contribution in [2.45, 2.75) is 57.1 Å². The first-order chi connectivity index (χ1) is 9.86. The Kier molecular flexibility index (Phi) is 5.46. The molecule has 4 nitrogen and oxygen atoms in total. The third-order valence-electron chi connectivity index (χ3n) is 3.56. The zero-order valence-corrected chi connectivity index (χ0v) is 15.2. The molecule has 2 rings (SSSR count). The van der Waals surface area contributed by atoms with Gasteiger partial charge in [-0.3, -0.25) is 0 Å². The molecule has 0 spiro atoms. The monoisotopic (exact) mass is 374 g/mol. The molecular weight excluding hydrogens is 352 g/mol. The molecule has 0 amide bonds. The van der Waals surface area contributed by atoms with Crippen LogP contribution in [0, 0.1) is 0 Å². The minimum absolute atomic E-state index is 0.185. The van der Waals surface area contributed by atoms with Crippen molar-refractivity contribution in [3.8, 4) is 0 Å². The van der Waals surface area contributed by atoms with Crippen LogP contribution in [0.2, 0.25) is 0 Å². The fraction of sp³-hybridized carbons (Fsp3) is 0.600. The summed E-state index contributed by atoms with van der Waals surface area (Å²) in [5, 5.41) is 3.31. The Hall–Kier alpha value is -0.430. The van der Waals surface area contributed by atoms with Crippen molar-refractivity contribution in [3.05, 3.63) is 28.2 Å². The van der Waals surface area contributed by atoms with Gasteiger partial charge in [0.05, 0.1) is 4.90 Å². The highest BCUT2D eigenvalue weighted by Gasteiger charge is 2.37. The highest BCUT2D eigenvalue weighted by molar-refractivity contribution is 9.10. The molecule has 1 N–H and O–H groups in total. The van der Waals surface area contributed by atoms with Crippen molar-refractivity contribution >= 4 is 26.0 Å². The normalized spacial score (nSPS) is 15.9. The summed E-state index contributed by atoms with van der Waals surface area (Å²) < 4.78 is 27.9. The summed E-state index contributed by atoms with van der Waals surface area (Å²) in [5.41, 5.74) is 0.984. The number of halogens is 1. The number of rotatable bonds is 7. The maximum Gasteiger partial charge on any atom is 0.244 e. The van der Waals surface area contributed by atoms with Crippen LogP contribution in [0.3, 0.4) is 0 Å². The van der Waals surface area contributed by atoms with E-state index in [9.17, 15) is 8.42 Å². The molecule has 1 aliphatic rings. The van der Waals surface area contributed by atoms with Crippen LogP contribution < -0.4 is 5.32 Å². The van der Waals surface area contributed by atoms with Gasteiger partial charge in [0.15, 0.2) is 0 Å². The van der Waals surface area contributed by atoms with Crippen molar-refractivity contribution in [3.63, 3.8) is 0 Å². The predicted molar refractivity (Wildman–Crippen MR) is 88.7 cm³/mol. The van der Waals surface area contributed by atoms with Crippen LogP contribution in [-0.4, -0.2) is 31.4 Å². The molecular formula is C15H23BrN2O2S. The van der Waals surface area contributed by atoms with Crippen LogP contribution in [0.4, 0.5) is 0 Å².